The predicted octanol–water partition coefficient (Wildman–Crippen LogP) is 2.27. The highest BCUT2D eigenvalue weighted by atomic mass is 35.5. The molecule has 176 valence electrons. The summed E-state index contributed by atoms with van der Waals surface area (Å²) in [6.07, 6.45) is 0.522. The van der Waals surface area contributed by atoms with Crippen LogP contribution < -0.4 is 21.4 Å². The number of aliphatic hydroxyl groups excluding tert-OH is 1. The van der Waals surface area contributed by atoms with E-state index < -0.39 is 17.4 Å². The number of para-hydroxylation sites is 1. The largest absolute Gasteiger partial charge is 0.491 e. The highest BCUT2D eigenvalue weighted by Gasteiger charge is 2.20. The first-order chi connectivity index (χ1) is 16.3. The molecular formula is C23H23ClN6O4. The molecule has 0 unspecified atom stereocenters. The third-order valence-electron chi connectivity index (χ3n) is 5.20. The van der Waals surface area contributed by atoms with Crippen LogP contribution in [0, 0.1) is 6.92 Å². The van der Waals surface area contributed by atoms with E-state index in [0.29, 0.717) is 16.3 Å². The smallest absolute Gasteiger partial charge is 0.329 e. The van der Waals surface area contributed by atoms with Gasteiger partial charge in [0.25, 0.3) is 5.56 Å². The molecule has 0 aliphatic rings. The highest BCUT2D eigenvalue weighted by molar-refractivity contribution is 6.33. The molecule has 0 saturated carbocycles. The van der Waals surface area contributed by atoms with Crippen LogP contribution in [0.25, 0.3) is 11.2 Å². The summed E-state index contributed by atoms with van der Waals surface area (Å²) in [7, 11) is 1.49. The van der Waals surface area contributed by atoms with Crippen molar-refractivity contribution >= 4 is 34.9 Å². The SMILES string of the molecule is Cc1ccccc1OC[C@H](O)Cn1c(N/N=C\c2ccccc2Cl)nc2c1c(=O)[nH]c(=O)n2C. The normalized spacial score (nSPS) is 12.4. The number of imidazole rings is 1. The summed E-state index contributed by atoms with van der Waals surface area (Å²) >= 11 is 6.16. The van der Waals surface area contributed by atoms with E-state index in [4.69, 9.17) is 16.3 Å². The molecule has 2 aromatic carbocycles. The maximum atomic E-state index is 12.6. The Kier molecular flexibility index (Phi) is 6.80. The number of ether oxygens (including phenoxy) is 1. The second-order valence-corrected chi connectivity index (χ2v) is 8.07. The minimum Gasteiger partial charge on any atom is -0.491 e. The number of H-pyrrole nitrogens is 1. The quantitative estimate of drug-likeness (QED) is 0.261. The van der Waals surface area contributed by atoms with Crippen molar-refractivity contribution in [2.24, 2.45) is 12.1 Å². The average Bonchev–Trinajstić information content (AvgIpc) is 3.17. The van der Waals surface area contributed by atoms with E-state index in [1.807, 2.05) is 37.3 Å². The standard InChI is InChI=1S/C23H23ClN6O4/c1-14-7-3-6-10-18(14)34-13-16(31)12-30-19-20(29(2)23(33)27-21(19)32)26-22(30)28-25-11-15-8-4-5-9-17(15)24/h3-11,16,31H,12-13H2,1-2H3,(H,26,28)(H,27,32,33)/b25-11-/t16-/m1/s1. The van der Waals surface area contributed by atoms with Crippen LogP contribution in [0.3, 0.4) is 0 Å². The van der Waals surface area contributed by atoms with Crippen molar-refractivity contribution in [3.63, 3.8) is 0 Å². The molecule has 11 heteroatoms. The molecule has 2 heterocycles. The Balaban J connectivity index is 1.64. The molecule has 10 nitrogen and oxygen atoms in total. The van der Waals surface area contributed by atoms with Gasteiger partial charge in [0, 0.05) is 17.6 Å². The molecule has 0 spiro atoms. The topological polar surface area (TPSA) is 127 Å². The lowest BCUT2D eigenvalue weighted by Gasteiger charge is -2.16. The van der Waals surface area contributed by atoms with Gasteiger partial charge in [0.15, 0.2) is 11.2 Å². The molecule has 1 atom stereocenters. The summed E-state index contributed by atoms with van der Waals surface area (Å²) in [6, 6.07) is 14.6. The number of aromatic nitrogens is 4. The number of nitrogens with zero attached hydrogens (tertiary/aromatic N) is 4. The molecule has 0 aliphatic heterocycles. The fraction of sp³-hybridized carbons (Fsp3) is 0.217. The highest BCUT2D eigenvalue weighted by Crippen LogP contribution is 2.19. The maximum Gasteiger partial charge on any atom is 0.329 e. The number of fused-ring (bicyclic) bond motifs is 1. The molecule has 0 bridgehead atoms. The number of aryl methyl sites for hydroxylation is 2. The molecule has 0 radical (unpaired) electrons. The van der Waals surface area contributed by atoms with Gasteiger partial charge in [-0.2, -0.15) is 10.1 Å². The zero-order valence-corrected chi connectivity index (χ0v) is 19.3. The number of halogens is 1. The van der Waals surface area contributed by atoms with E-state index in [0.717, 1.165) is 5.56 Å². The van der Waals surface area contributed by atoms with Crippen LogP contribution in [0.2, 0.25) is 5.02 Å². The molecule has 4 rings (SSSR count). The van der Waals surface area contributed by atoms with Gasteiger partial charge in [-0.15, -0.1) is 0 Å². The van der Waals surface area contributed by atoms with Crippen molar-refractivity contribution in [1.29, 1.82) is 0 Å². The number of aromatic amines is 1. The third kappa shape index (κ3) is 4.87. The van der Waals surface area contributed by atoms with Gasteiger partial charge in [-0.25, -0.2) is 10.2 Å². The van der Waals surface area contributed by atoms with Gasteiger partial charge in [-0.05, 0) is 24.6 Å². The van der Waals surface area contributed by atoms with E-state index in [2.05, 4.69) is 20.5 Å². The van der Waals surface area contributed by atoms with Gasteiger partial charge in [0.05, 0.1) is 12.8 Å². The van der Waals surface area contributed by atoms with Gasteiger partial charge in [-0.3, -0.25) is 14.3 Å². The van der Waals surface area contributed by atoms with Gasteiger partial charge >= 0.3 is 5.69 Å². The number of rotatable bonds is 8. The van der Waals surface area contributed by atoms with Gasteiger partial charge in [0.2, 0.25) is 5.95 Å². The Morgan fingerprint density at radius 3 is 2.74 bits per heavy atom. The Labute approximate surface area is 199 Å². The molecule has 0 aliphatic carbocycles. The van der Waals surface area contributed by atoms with E-state index in [-0.39, 0.29) is 30.3 Å². The maximum absolute atomic E-state index is 12.6. The van der Waals surface area contributed by atoms with E-state index in [1.165, 1.54) is 22.4 Å². The predicted molar refractivity (Wildman–Crippen MR) is 131 cm³/mol. The fourth-order valence-corrected chi connectivity index (χ4v) is 3.59. The number of benzene rings is 2. The minimum atomic E-state index is -0.985. The first kappa shape index (κ1) is 23.3. The molecule has 2 aromatic heterocycles. The molecule has 0 amide bonds. The second kappa shape index (κ2) is 9.94. The number of hydrogen-bond acceptors (Lipinski definition) is 7. The number of nitrogens with one attached hydrogen (secondary N) is 2. The summed E-state index contributed by atoms with van der Waals surface area (Å²) in [4.78, 5) is 31.3. The van der Waals surface area contributed by atoms with Crippen molar-refractivity contribution in [2.75, 3.05) is 12.0 Å². The summed E-state index contributed by atoms with van der Waals surface area (Å²) in [5, 5.41) is 15.4. The summed E-state index contributed by atoms with van der Waals surface area (Å²) in [6.45, 7) is 1.86. The van der Waals surface area contributed by atoms with Crippen LogP contribution in [0.15, 0.2) is 63.2 Å². The van der Waals surface area contributed by atoms with Gasteiger partial charge in [-0.1, -0.05) is 48.0 Å². The summed E-state index contributed by atoms with van der Waals surface area (Å²) in [5.74, 6) is 0.819. The lowest BCUT2D eigenvalue weighted by molar-refractivity contribution is 0.0935. The van der Waals surface area contributed by atoms with Crippen LogP contribution >= 0.6 is 11.6 Å². The minimum absolute atomic E-state index is 0.0173. The average molecular weight is 483 g/mol. The Hall–Kier alpha value is -3.89. The zero-order chi connectivity index (χ0) is 24.2. The number of anilines is 1. The number of hydrogen-bond donors (Lipinski definition) is 3. The van der Waals surface area contributed by atoms with Crippen LogP contribution in [-0.4, -0.2) is 43.1 Å². The number of hydrazone groups is 1. The summed E-state index contributed by atoms with van der Waals surface area (Å²) < 4.78 is 8.41. The van der Waals surface area contributed by atoms with E-state index in [1.54, 1.807) is 18.2 Å². The number of aliphatic hydroxyl groups is 1. The van der Waals surface area contributed by atoms with Crippen molar-refractivity contribution in [1.82, 2.24) is 19.1 Å². The molecule has 34 heavy (non-hydrogen) atoms. The Bertz CT molecular complexity index is 1470. The lowest BCUT2D eigenvalue weighted by atomic mass is 10.2. The van der Waals surface area contributed by atoms with E-state index in [9.17, 15) is 14.7 Å². The first-order valence-corrected chi connectivity index (χ1v) is 10.8. The first-order valence-electron chi connectivity index (χ1n) is 10.4. The van der Waals surface area contributed by atoms with Crippen LogP contribution in [0.1, 0.15) is 11.1 Å². The van der Waals surface area contributed by atoms with Crippen molar-refractivity contribution < 1.29 is 9.84 Å². The second-order valence-electron chi connectivity index (χ2n) is 7.66. The van der Waals surface area contributed by atoms with Crippen molar-refractivity contribution in [3.8, 4) is 5.75 Å². The monoisotopic (exact) mass is 482 g/mol. The summed E-state index contributed by atoms with van der Waals surface area (Å²) in [5.41, 5.74) is 3.44. The molecule has 0 saturated heterocycles. The third-order valence-corrected chi connectivity index (χ3v) is 5.54. The van der Waals surface area contributed by atoms with E-state index >= 15 is 0 Å². The van der Waals surface area contributed by atoms with Crippen molar-refractivity contribution in [3.05, 3.63) is 85.5 Å². The van der Waals surface area contributed by atoms with Crippen LogP contribution in [0.5, 0.6) is 5.75 Å². The van der Waals surface area contributed by atoms with Gasteiger partial charge in [0.1, 0.15) is 18.5 Å². The van der Waals surface area contributed by atoms with Crippen molar-refractivity contribution in [2.45, 2.75) is 19.6 Å². The zero-order valence-electron chi connectivity index (χ0n) is 18.5. The molecule has 4 aromatic rings. The molecule has 3 N–H and O–H groups in total. The lowest BCUT2D eigenvalue weighted by Crippen LogP contribution is -2.30. The van der Waals surface area contributed by atoms with Gasteiger partial charge < -0.3 is 14.4 Å². The Morgan fingerprint density at radius 1 is 1.24 bits per heavy atom. The van der Waals surface area contributed by atoms with Crippen LogP contribution in [-0.2, 0) is 13.6 Å². The fourth-order valence-electron chi connectivity index (χ4n) is 3.40. The molecular weight excluding hydrogens is 460 g/mol. The molecule has 0 fully saturated rings. The van der Waals surface area contributed by atoms with Crippen LogP contribution in [0.4, 0.5) is 5.95 Å². The Morgan fingerprint density at radius 2 is 1.97 bits per heavy atom.